The van der Waals surface area contributed by atoms with E-state index in [9.17, 15) is 0 Å². The third kappa shape index (κ3) is 4.00. The lowest BCUT2D eigenvalue weighted by atomic mass is 9.97. The monoisotopic (exact) mass is 438 g/mol. The zero-order valence-electron chi connectivity index (χ0n) is 19.3. The molecule has 0 aliphatic heterocycles. The van der Waals surface area contributed by atoms with Crippen LogP contribution in [-0.4, -0.2) is 27.3 Å². The van der Waals surface area contributed by atoms with Crippen molar-refractivity contribution in [2.45, 2.75) is 33.6 Å². The molecule has 3 aromatic carbocycles. The average Bonchev–Trinajstić information content (AvgIpc) is 3.46. The van der Waals surface area contributed by atoms with Gasteiger partial charge in [0, 0.05) is 16.7 Å². The van der Waals surface area contributed by atoms with E-state index in [1.54, 1.807) is 7.11 Å². The van der Waals surface area contributed by atoms with Gasteiger partial charge in [-0.05, 0) is 79.4 Å². The third-order valence-electron chi connectivity index (χ3n) is 5.86. The molecule has 0 fully saturated rings. The van der Waals surface area contributed by atoms with E-state index in [1.165, 1.54) is 16.7 Å². The number of benzene rings is 3. The maximum Gasteiger partial charge on any atom is 0.248 e. The van der Waals surface area contributed by atoms with Crippen molar-refractivity contribution < 1.29 is 9.15 Å². The van der Waals surface area contributed by atoms with Crippen molar-refractivity contribution in [3.05, 3.63) is 71.3 Å². The molecule has 0 saturated heterocycles. The van der Waals surface area contributed by atoms with E-state index in [2.05, 4.69) is 48.1 Å². The van der Waals surface area contributed by atoms with Crippen LogP contribution < -0.4 is 4.74 Å². The van der Waals surface area contributed by atoms with Gasteiger partial charge in [-0.3, -0.25) is 0 Å². The number of ether oxygens (including phenoxy) is 1. The minimum atomic E-state index is 0.468. The summed E-state index contributed by atoms with van der Waals surface area (Å²) in [5.41, 5.74) is 8.53. The van der Waals surface area contributed by atoms with Crippen LogP contribution >= 0.6 is 0 Å². The number of imidazole rings is 1. The molecule has 0 spiro atoms. The van der Waals surface area contributed by atoms with Gasteiger partial charge in [0.1, 0.15) is 11.6 Å². The molecular weight excluding hydrogens is 412 g/mol. The summed E-state index contributed by atoms with van der Waals surface area (Å²) >= 11 is 0. The Labute approximate surface area is 192 Å². The van der Waals surface area contributed by atoms with Crippen molar-refractivity contribution in [3.63, 3.8) is 0 Å². The quantitative estimate of drug-likeness (QED) is 0.326. The van der Waals surface area contributed by atoms with E-state index in [-0.39, 0.29) is 0 Å². The molecule has 0 aliphatic rings. The first-order chi connectivity index (χ1) is 16.1. The van der Waals surface area contributed by atoms with Gasteiger partial charge in [0.25, 0.3) is 0 Å². The molecule has 1 N–H and O–H groups in total. The van der Waals surface area contributed by atoms with Crippen molar-refractivity contribution >= 4 is 11.0 Å². The Morgan fingerprint density at radius 2 is 1.55 bits per heavy atom. The molecule has 0 radical (unpaired) electrons. The number of rotatable bonds is 6. The van der Waals surface area contributed by atoms with Gasteiger partial charge in [-0.25, -0.2) is 4.98 Å². The smallest absolute Gasteiger partial charge is 0.248 e. The zero-order valence-corrected chi connectivity index (χ0v) is 19.3. The Balaban J connectivity index is 1.48. The number of hydrogen-bond donors (Lipinski definition) is 1. The topological polar surface area (TPSA) is 76.8 Å². The van der Waals surface area contributed by atoms with Crippen molar-refractivity contribution in [1.82, 2.24) is 20.2 Å². The highest BCUT2D eigenvalue weighted by Gasteiger charge is 2.15. The first kappa shape index (κ1) is 20.9. The summed E-state index contributed by atoms with van der Waals surface area (Å²) in [7, 11) is 1.64. The standard InChI is InChI=1S/C27H26N4O2/c1-5-6-18-13-16(2)24(17(3)14-18)25-28-22-12-9-20(15-23(22)29-25)27-31-30-26(33-27)19-7-10-21(32-4)11-8-19/h7-15H,5-6H2,1-4H3,(H,28,29). The average molecular weight is 439 g/mol. The number of aryl methyl sites for hydroxylation is 3. The van der Waals surface area contributed by atoms with Gasteiger partial charge in [0.05, 0.1) is 18.1 Å². The Morgan fingerprint density at radius 1 is 0.879 bits per heavy atom. The van der Waals surface area contributed by atoms with E-state index in [0.717, 1.165) is 52.1 Å². The van der Waals surface area contributed by atoms with Gasteiger partial charge in [0.15, 0.2) is 0 Å². The summed E-state index contributed by atoms with van der Waals surface area (Å²) in [6, 6.07) is 18.0. The molecule has 2 heterocycles. The van der Waals surface area contributed by atoms with Crippen molar-refractivity contribution in [2.24, 2.45) is 0 Å². The Kier molecular flexibility index (Phi) is 5.42. The van der Waals surface area contributed by atoms with E-state index in [1.807, 2.05) is 42.5 Å². The van der Waals surface area contributed by atoms with E-state index in [4.69, 9.17) is 14.1 Å². The number of nitrogens with one attached hydrogen (secondary N) is 1. The molecule has 0 bridgehead atoms. The fourth-order valence-electron chi connectivity index (χ4n) is 4.31. The largest absolute Gasteiger partial charge is 0.497 e. The van der Waals surface area contributed by atoms with Crippen LogP contribution in [0.4, 0.5) is 0 Å². The van der Waals surface area contributed by atoms with Crippen molar-refractivity contribution in [3.8, 4) is 40.0 Å². The fraction of sp³-hybridized carbons (Fsp3) is 0.222. The molecule has 166 valence electrons. The molecule has 5 aromatic rings. The van der Waals surface area contributed by atoms with Crippen molar-refractivity contribution in [1.29, 1.82) is 0 Å². The second kappa shape index (κ2) is 8.54. The van der Waals surface area contributed by atoms with Gasteiger partial charge < -0.3 is 14.1 Å². The predicted molar refractivity (Wildman–Crippen MR) is 130 cm³/mol. The molecule has 5 rings (SSSR count). The second-order valence-electron chi connectivity index (χ2n) is 8.31. The summed E-state index contributed by atoms with van der Waals surface area (Å²) in [4.78, 5) is 8.34. The molecule has 6 heteroatoms. The molecule has 2 aromatic heterocycles. The van der Waals surface area contributed by atoms with Gasteiger partial charge in [-0.1, -0.05) is 25.5 Å². The highest BCUT2D eigenvalue weighted by Crippen LogP contribution is 2.31. The van der Waals surface area contributed by atoms with Crippen LogP contribution in [0.3, 0.4) is 0 Å². The lowest BCUT2D eigenvalue weighted by Crippen LogP contribution is -1.94. The lowest BCUT2D eigenvalue weighted by Gasteiger charge is -2.10. The number of hydrogen-bond acceptors (Lipinski definition) is 5. The van der Waals surface area contributed by atoms with Crippen LogP contribution in [0, 0.1) is 13.8 Å². The molecule has 0 unspecified atom stereocenters. The summed E-state index contributed by atoms with van der Waals surface area (Å²) < 4.78 is 11.2. The normalized spacial score (nSPS) is 11.3. The molecule has 0 amide bonds. The van der Waals surface area contributed by atoms with E-state index in [0.29, 0.717) is 11.8 Å². The number of methoxy groups -OCH3 is 1. The molecule has 6 nitrogen and oxygen atoms in total. The predicted octanol–water partition coefficient (Wildman–Crippen LogP) is 6.52. The van der Waals surface area contributed by atoms with Gasteiger partial charge >= 0.3 is 0 Å². The maximum atomic E-state index is 5.95. The van der Waals surface area contributed by atoms with Crippen LogP contribution in [0.2, 0.25) is 0 Å². The summed E-state index contributed by atoms with van der Waals surface area (Å²) in [6.07, 6.45) is 2.23. The zero-order chi connectivity index (χ0) is 22.9. The lowest BCUT2D eigenvalue weighted by molar-refractivity contribution is 0.415. The minimum Gasteiger partial charge on any atom is -0.497 e. The Bertz CT molecular complexity index is 1410. The number of nitrogens with zero attached hydrogens (tertiary/aromatic N) is 3. The van der Waals surface area contributed by atoms with E-state index < -0.39 is 0 Å². The number of H-pyrrole nitrogens is 1. The number of aromatic amines is 1. The first-order valence-electron chi connectivity index (χ1n) is 11.1. The molecule has 0 atom stereocenters. The highest BCUT2D eigenvalue weighted by molar-refractivity contribution is 5.84. The van der Waals surface area contributed by atoms with Gasteiger partial charge in [-0.15, -0.1) is 10.2 Å². The fourth-order valence-corrected chi connectivity index (χ4v) is 4.31. The van der Waals surface area contributed by atoms with Gasteiger partial charge in [0.2, 0.25) is 11.8 Å². The van der Waals surface area contributed by atoms with E-state index >= 15 is 0 Å². The van der Waals surface area contributed by atoms with Crippen LogP contribution in [0.15, 0.2) is 59.0 Å². The van der Waals surface area contributed by atoms with Gasteiger partial charge in [-0.2, -0.15) is 0 Å². The SMILES string of the molecule is CCCc1cc(C)c(-c2nc3ccc(-c4nnc(-c5ccc(OC)cc5)o4)cc3[nH]2)c(C)c1. The summed E-state index contributed by atoms with van der Waals surface area (Å²) in [5, 5.41) is 8.46. The van der Waals surface area contributed by atoms with Crippen LogP contribution in [0.25, 0.3) is 45.3 Å². The molecule has 0 aliphatic carbocycles. The maximum absolute atomic E-state index is 5.95. The Hall–Kier alpha value is -3.93. The number of fused-ring (bicyclic) bond motifs is 1. The minimum absolute atomic E-state index is 0.468. The first-order valence-corrected chi connectivity index (χ1v) is 11.1. The molecule has 33 heavy (non-hydrogen) atoms. The summed E-state index contributed by atoms with van der Waals surface area (Å²) in [6.45, 7) is 6.51. The Morgan fingerprint density at radius 3 is 2.21 bits per heavy atom. The summed E-state index contributed by atoms with van der Waals surface area (Å²) in [5.74, 6) is 2.60. The molecule has 0 saturated carbocycles. The second-order valence-corrected chi connectivity index (χ2v) is 8.31. The van der Waals surface area contributed by atoms with Crippen molar-refractivity contribution in [2.75, 3.05) is 7.11 Å². The molecular formula is C27H26N4O2. The third-order valence-corrected chi connectivity index (χ3v) is 5.86. The van der Waals surface area contributed by atoms with Crippen LogP contribution in [-0.2, 0) is 6.42 Å². The van der Waals surface area contributed by atoms with Crippen LogP contribution in [0.1, 0.15) is 30.0 Å². The van der Waals surface area contributed by atoms with Crippen LogP contribution in [0.5, 0.6) is 5.75 Å². The highest BCUT2D eigenvalue weighted by atomic mass is 16.5. The number of aromatic nitrogens is 4.